The van der Waals surface area contributed by atoms with E-state index in [1.54, 1.807) is 0 Å². The van der Waals surface area contributed by atoms with E-state index in [1.807, 2.05) is 0 Å². The predicted octanol–water partition coefficient (Wildman–Crippen LogP) is 0.993. The van der Waals surface area contributed by atoms with Gasteiger partial charge in [-0.1, -0.05) is 6.42 Å². The minimum Gasteiger partial charge on any atom is -0.481 e. The molecule has 2 aliphatic rings. The molecule has 2 fully saturated rings. The lowest BCUT2D eigenvalue weighted by Crippen LogP contribution is -2.33. The van der Waals surface area contributed by atoms with E-state index >= 15 is 0 Å². The second-order valence-corrected chi connectivity index (χ2v) is 5.84. The fourth-order valence-corrected chi connectivity index (χ4v) is 3.24. The number of carboxylic acids is 1. The Morgan fingerprint density at radius 1 is 1.26 bits per heavy atom. The van der Waals surface area contributed by atoms with Crippen LogP contribution in [0.25, 0.3) is 0 Å². The van der Waals surface area contributed by atoms with Crippen molar-refractivity contribution >= 4 is 11.9 Å². The number of hydrogen-bond donors (Lipinski definition) is 3. The first kappa shape index (κ1) is 14.3. The summed E-state index contributed by atoms with van der Waals surface area (Å²) in [7, 11) is 0. The molecule has 0 radical (unpaired) electrons. The summed E-state index contributed by atoms with van der Waals surface area (Å²) >= 11 is 0. The van der Waals surface area contributed by atoms with Crippen molar-refractivity contribution in [2.45, 2.75) is 38.5 Å². The van der Waals surface area contributed by atoms with E-state index in [4.69, 9.17) is 5.11 Å². The zero-order valence-corrected chi connectivity index (χ0v) is 11.4. The Morgan fingerprint density at radius 2 is 2.11 bits per heavy atom. The van der Waals surface area contributed by atoms with E-state index in [0.29, 0.717) is 18.9 Å². The highest BCUT2D eigenvalue weighted by Crippen LogP contribution is 2.31. The molecule has 108 valence electrons. The van der Waals surface area contributed by atoms with Crippen LogP contribution in [-0.4, -0.2) is 36.6 Å². The monoisotopic (exact) mass is 268 g/mol. The summed E-state index contributed by atoms with van der Waals surface area (Å²) in [5.41, 5.74) is 0. The number of nitrogens with one attached hydrogen (secondary N) is 2. The maximum absolute atomic E-state index is 11.8. The van der Waals surface area contributed by atoms with E-state index in [0.717, 1.165) is 45.2 Å². The van der Waals surface area contributed by atoms with Crippen LogP contribution in [0, 0.1) is 17.8 Å². The van der Waals surface area contributed by atoms with E-state index < -0.39 is 5.97 Å². The lowest BCUT2D eigenvalue weighted by Gasteiger charge is -2.16. The van der Waals surface area contributed by atoms with Crippen molar-refractivity contribution in [2.75, 3.05) is 19.6 Å². The second-order valence-electron chi connectivity index (χ2n) is 5.84. The fraction of sp³-hybridized carbons (Fsp3) is 0.857. The molecule has 1 heterocycles. The largest absolute Gasteiger partial charge is 0.481 e. The molecule has 0 aromatic carbocycles. The first-order chi connectivity index (χ1) is 9.16. The normalized spacial score (nSPS) is 30.4. The van der Waals surface area contributed by atoms with Gasteiger partial charge in [-0.2, -0.15) is 0 Å². The van der Waals surface area contributed by atoms with Crippen molar-refractivity contribution < 1.29 is 14.7 Å². The van der Waals surface area contributed by atoms with E-state index in [2.05, 4.69) is 10.6 Å². The molecular weight excluding hydrogens is 244 g/mol. The maximum atomic E-state index is 11.8. The maximum Gasteiger partial charge on any atom is 0.306 e. The Kier molecular flexibility index (Phi) is 5.19. The van der Waals surface area contributed by atoms with Gasteiger partial charge in [-0.15, -0.1) is 0 Å². The van der Waals surface area contributed by atoms with Gasteiger partial charge in [0.2, 0.25) is 5.91 Å². The molecule has 3 N–H and O–H groups in total. The number of carboxylic acid groups (broad SMARTS) is 1. The molecule has 1 aliphatic heterocycles. The van der Waals surface area contributed by atoms with Crippen molar-refractivity contribution in [3.63, 3.8) is 0 Å². The van der Waals surface area contributed by atoms with E-state index in [-0.39, 0.29) is 17.7 Å². The zero-order chi connectivity index (χ0) is 13.7. The van der Waals surface area contributed by atoms with Gasteiger partial charge < -0.3 is 15.7 Å². The van der Waals surface area contributed by atoms with E-state index in [1.165, 1.54) is 0 Å². The molecule has 5 nitrogen and oxygen atoms in total. The Bertz CT molecular complexity index is 327. The summed E-state index contributed by atoms with van der Waals surface area (Å²) in [4.78, 5) is 22.8. The number of aliphatic carboxylic acids is 1. The van der Waals surface area contributed by atoms with Crippen LogP contribution in [-0.2, 0) is 9.59 Å². The highest BCUT2D eigenvalue weighted by Gasteiger charge is 2.32. The number of carbonyl (C=O) groups excluding carboxylic acids is 1. The van der Waals surface area contributed by atoms with Crippen molar-refractivity contribution in [1.82, 2.24) is 10.6 Å². The fourth-order valence-electron chi connectivity index (χ4n) is 3.24. The van der Waals surface area contributed by atoms with Crippen LogP contribution < -0.4 is 10.6 Å². The highest BCUT2D eigenvalue weighted by atomic mass is 16.4. The Morgan fingerprint density at radius 3 is 2.79 bits per heavy atom. The standard InChI is InChI=1S/C14H24N2O3/c17-13(5-4-10-6-7-15-8-10)16-9-11-2-1-3-12(11)14(18)19/h10-12,15H,1-9H2,(H,16,17)(H,18,19). The molecule has 5 heteroatoms. The van der Waals surface area contributed by atoms with Crippen molar-refractivity contribution in [3.8, 4) is 0 Å². The number of rotatable bonds is 6. The summed E-state index contributed by atoms with van der Waals surface area (Å²) in [5.74, 6) is -0.158. The number of hydrogen-bond acceptors (Lipinski definition) is 3. The molecule has 1 amide bonds. The molecule has 0 aromatic heterocycles. The minimum atomic E-state index is -0.714. The average Bonchev–Trinajstić information content (AvgIpc) is 3.04. The highest BCUT2D eigenvalue weighted by molar-refractivity contribution is 5.76. The molecule has 19 heavy (non-hydrogen) atoms. The first-order valence-electron chi connectivity index (χ1n) is 7.37. The first-order valence-corrected chi connectivity index (χ1v) is 7.37. The number of carbonyl (C=O) groups is 2. The van der Waals surface area contributed by atoms with Gasteiger partial charge in [-0.25, -0.2) is 0 Å². The van der Waals surface area contributed by atoms with Gasteiger partial charge in [0.05, 0.1) is 5.92 Å². The predicted molar refractivity (Wildman–Crippen MR) is 71.7 cm³/mol. The summed E-state index contributed by atoms with van der Waals surface area (Å²) < 4.78 is 0. The van der Waals surface area contributed by atoms with Crippen LogP contribution in [0.5, 0.6) is 0 Å². The van der Waals surface area contributed by atoms with Crippen LogP contribution >= 0.6 is 0 Å². The topological polar surface area (TPSA) is 78.4 Å². The smallest absolute Gasteiger partial charge is 0.306 e. The van der Waals surface area contributed by atoms with Gasteiger partial charge in [0.15, 0.2) is 0 Å². The molecule has 0 aromatic rings. The van der Waals surface area contributed by atoms with Gasteiger partial charge in [0, 0.05) is 13.0 Å². The lowest BCUT2D eigenvalue weighted by molar-refractivity contribution is -0.143. The van der Waals surface area contributed by atoms with Crippen molar-refractivity contribution in [3.05, 3.63) is 0 Å². The zero-order valence-electron chi connectivity index (χ0n) is 11.4. The molecule has 3 unspecified atom stereocenters. The summed E-state index contributed by atoms with van der Waals surface area (Å²) in [6, 6.07) is 0. The van der Waals surface area contributed by atoms with Crippen LogP contribution in [0.1, 0.15) is 38.5 Å². The lowest BCUT2D eigenvalue weighted by atomic mass is 9.96. The molecule has 0 spiro atoms. The average molecular weight is 268 g/mol. The van der Waals surface area contributed by atoms with Gasteiger partial charge in [-0.05, 0) is 50.6 Å². The third kappa shape index (κ3) is 4.20. The summed E-state index contributed by atoms with van der Waals surface area (Å²) in [6.07, 6.45) is 5.30. The molecule has 0 bridgehead atoms. The van der Waals surface area contributed by atoms with E-state index in [9.17, 15) is 9.59 Å². The number of amides is 1. The molecule has 1 saturated heterocycles. The summed E-state index contributed by atoms with van der Waals surface area (Å²) in [6.45, 7) is 2.62. The SMILES string of the molecule is O=C(CCC1CCNC1)NCC1CCCC1C(=O)O. The van der Waals surface area contributed by atoms with Crippen LogP contribution in [0.15, 0.2) is 0 Å². The molecular formula is C14H24N2O3. The van der Waals surface area contributed by atoms with Crippen LogP contribution in [0.3, 0.4) is 0 Å². The Labute approximate surface area is 114 Å². The van der Waals surface area contributed by atoms with Crippen LogP contribution in [0.4, 0.5) is 0 Å². The second kappa shape index (κ2) is 6.89. The Hall–Kier alpha value is -1.10. The van der Waals surface area contributed by atoms with Crippen LogP contribution in [0.2, 0.25) is 0 Å². The molecule has 1 saturated carbocycles. The summed E-state index contributed by atoms with van der Waals surface area (Å²) in [5, 5.41) is 15.3. The third-order valence-electron chi connectivity index (χ3n) is 4.48. The molecule has 1 aliphatic carbocycles. The molecule has 3 atom stereocenters. The van der Waals surface area contributed by atoms with Gasteiger partial charge in [0.1, 0.15) is 0 Å². The van der Waals surface area contributed by atoms with Crippen molar-refractivity contribution in [1.29, 1.82) is 0 Å². The minimum absolute atomic E-state index is 0.0722. The van der Waals surface area contributed by atoms with Gasteiger partial charge in [0.25, 0.3) is 0 Å². The third-order valence-corrected chi connectivity index (χ3v) is 4.48. The quantitative estimate of drug-likeness (QED) is 0.671. The van der Waals surface area contributed by atoms with Crippen molar-refractivity contribution in [2.24, 2.45) is 17.8 Å². The van der Waals surface area contributed by atoms with Gasteiger partial charge in [-0.3, -0.25) is 9.59 Å². The Balaban J connectivity index is 1.64. The molecule has 2 rings (SSSR count). The van der Waals surface area contributed by atoms with Gasteiger partial charge >= 0.3 is 5.97 Å².